The summed E-state index contributed by atoms with van der Waals surface area (Å²) in [6, 6.07) is 7.33. The maximum atomic E-state index is 12.2. The summed E-state index contributed by atoms with van der Waals surface area (Å²) in [6.45, 7) is 0.675. The van der Waals surface area contributed by atoms with Crippen molar-refractivity contribution in [1.29, 1.82) is 0 Å². The molecule has 0 radical (unpaired) electrons. The fourth-order valence-electron chi connectivity index (χ4n) is 2.42. The summed E-state index contributed by atoms with van der Waals surface area (Å²) in [6.07, 6.45) is 8.11. The molecule has 1 amide bonds. The number of nitrogens with zero attached hydrogens (tertiary/aromatic N) is 2. The number of imidazole rings is 1. The summed E-state index contributed by atoms with van der Waals surface area (Å²) in [5.74, 6) is -0.285. The van der Waals surface area contributed by atoms with E-state index in [0.717, 1.165) is 30.1 Å². The average Bonchev–Trinajstić information content (AvgIpc) is 3.09. The third-order valence-electron chi connectivity index (χ3n) is 3.60. The Labute approximate surface area is 139 Å². The number of hydrogen-bond acceptors (Lipinski definition) is 5. The van der Waals surface area contributed by atoms with Crippen LogP contribution in [0, 0.1) is 0 Å². The molecular formula is C16H19N3O3S. The van der Waals surface area contributed by atoms with Crippen LogP contribution in [0.2, 0.25) is 0 Å². The summed E-state index contributed by atoms with van der Waals surface area (Å²) in [4.78, 5) is 21.8. The first-order chi connectivity index (χ1) is 11.3. The number of aromatic nitrogens is 2. The lowest BCUT2D eigenvalue weighted by Gasteiger charge is -2.22. The van der Waals surface area contributed by atoms with Gasteiger partial charge in [-0.3, -0.25) is 9.36 Å². The fourth-order valence-corrected chi connectivity index (χ4v) is 2.95. The number of hydrogen-bond donors (Lipinski definition) is 1. The molecule has 1 aliphatic rings. The third kappa shape index (κ3) is 3.93. The van der Waals surface area contributed by atoms with E-state index in [0.29, 0.717) is 12.2 Å². The molecule has 1 aliphatic heterocycles. The molecule has 0 unspecified atom stereocenters. The van der Waals surface area contributed by atoms with Crippen molar-refractivity contribution < 1.29 is 14.4 Å². The Morgan fingerprint density at radius 2 is 2.39 bits per heavy atom. The van der Waals surface area contributed by atoms with Crippen LogP contribution < -0.4 is 5.48 Å². The molecule has 7 heteroatoms. The summed E-state index contributed by atoms with van der Waals surface area (Å²) in [5.41, 5.74) is 3.89. The van der Waals surface area contributed by atoms with Crippen molar-refractivity contribution in [3.63, 3.8) is 0 Å². The first-order valence-corrected chi connectivity index (χ1v) is 8.76. The van der Waals surface area contributed by atoms with Crippen molar-refractivity contribution in [1.82, 2.24) is 15.0 Å². The molecule has 1 fully saturated rings. The van der Waals surface area contributed by atoms with E-state index in [4.69, 9.17) is 9.57 Å². The number of ether oxygens (including phenoxy) is 1. The van der Waals surface area contributed by atoms with E-state index < -0.39 is 0 Å². The number of rotatable bonds is 5. The van der Waals surface area contributed by atoms with Crippen LogP contribution in [-0.2, 0) is 9.57 Å². The summed E-state index contributed by atoms with van der Waals surface area (Å²) in [7, 11) is 0. The Bertz CT molecular complexity index is 668. The quantitative estimate of drug-likeness (QED) is 0.673. The Morgan fingerprint density at radius 1 is 1.48 bits per heavy atom. The van der Waals surface area contributed by atoms with Gasteiger partial charge in [0.1, 0.15) is 0 Å². The van der Waals surface area contributed by atoms with Gasteiger partial charge in [0.25, 0.3) is 5.91 Å². The summed E-state index contributed by atoms with van der Waals surface area (Å²) >= 11 is 1.55. The van der Waals surface area contributed by atoms with E-state index in [1.165, 1.54) is 0 Å². The highest BCUT2D eigenvalue weighted by molar-refractivity contribution is 7.98. The average molecular weight is 333 g/mol. The van der Waals surface area contributed by atoms with Crippen LogP contribution in [-0.4, -0.2) is 34.6 Å². The molecule has 1 atom stereocenters. The first-order valence-electron chi connectivity index (χ1n) is 7.53. The smallest absolute Gasteiger partial charge is 0.275 e. The highest BCUT2D eigenvalue weighted by Gasteiger charge is 2.16. The van der Waals surface area contributed by atoms with E-state index in [9.17, 15) is 4.79 Å². The van der Waals surface area contributed by atoms with Gasteiger partial charge in [-0.25, -0.2) is 15.3 Å². The molecule has 0 spiro atoms. The lowest BCUT2D eigenvalue weighted by molar-refractivity contribution is -0.186. The number of amides is 1. The van der Waals surface area contributed by atoms with Gasteiger partial charge >= 0.3 is 0 Å². The molecule has 1 aromatic heterocycles. The minimum atomic E-state index is -0.354. The maximum absolute atomic E-state index is 12.2. The monoisotopic (exact) mass is 333 g/mol. The van der Waals surface area contributed by atoms with E-state index in [-0.39, 0.29) is 12.2 Å². The van der Waals surface area contributed by atoms with E-state index in [1.54, 1.807) is 24.0 Å². The van der Waals surface area contributed by atoms with E-state index >= 15 is 0 Å². The predicted octanol–water partition coefficient (Wildman–Crippen LogP) is 2.78. The molecule has 1 N–H and O–H groups in total. The lowest BCUT2D eigenvalue weighted by atomic mass is 10.2. The van der Waals surface area contributed by atoms with Crippen LogP contribution in [0.4, 0.5) is 0 Å². The molecule has 2 heterocycles. The molecular weight excluding hydrogens is 314 g/mol. The first kappa shape index (κ1) is 16.0. The summed E-state index contributed by atoms with van der Waals surface area (Å²) in [5, 5.41) is 0.870. The fraction of sp³-hybridized carbons (Fsp3) is 0.375. The summed E-state index contributed by atoms with van der Waals surface area (Å²) < 4.78 is 7.36. The molecule has 2 aromatic rings. The second kappa shape index (κ2) is 7.63. The second-order valence-corrected chi connectivity index (χ2v) is 5.95. The number of carbonyl (C=O) groups excluding carboxylic acids is 1. The topological polar surface area (TPSA) is 65.4 Å². The Morgan fingerprint density at radius 3 is 3.17 bits per heavy atom. The van der Waals surface area contributed by atoms with Crippen molar-refractivity contribution in [2.45, 2.75) is 30.7 Å². The Balaban J connectivity index is 1.68. The molecule has 0 saturated carbocycles. The number of nitrogens with one attached hydrogen (secondary N) is 1. The van der Waals surface area contributed by atoms with Gasteiger partial charge in [0.2, 0.25) is 0 Å². The molecule has 6 nitrogen and oxygen atoms in total. The van der Waals surface area contributed by atoms with Crippen molar-refractivity contribution in [2.75, 3.05) is 12.9 Å². The van der Waals surface area contributed by atoms with Gasteiger partial charge in [-0.1, -0.05) is 17.8 Å². The number of carbonyl (C=O) groups is 1. The van der Waals surface area contributed by atoms with Gasteiger partial charge in [0, 0.05) is 36.7 Å². The van der Waals surface area contributed by atoms with Crippen LogP contribution in [0.5, 0.6) is 0 Å². The molecule has 1 aromatic carbocycles. The van der Waals surface area contributed by atoms with Gasteiger partial charge in [-0.2, -0.15) is 0 Å². The number of hydroxylamine groups is 1. The van der Waals surface area contributed by atoms with Crippen molar-refractivity contribution >= 4 is 17.7 Å². The zero-order valence-electron chi connectivity index (χ0n) is 12.9. The largest absolute Gasteiger partial charge is 0.350 e. The zero-order chi connectivity index (χ0) is 16.1. The molecule has 0 bridgehead atoms. The minimum absolute atomic E-state index is 0.285. The second-order valence-electron chi connectivity index (χ2n) is 5.18. The van der Waals surface area contributed by atoms with Crippen LogP contribution in [0.25, 0.3) is 5.69 Å². The number of benzene rings is 1. The molecule has 3 rings (SSSR count). The zero-order valence-corrected chi connectivity index (χ0v) is 13.7. The van der Waals surface area contributed by atoms with Crippen molar-refractivity contribution in [3.8, 4) is 5.69 Å². The van der Waals surface area contributed by atoms with E-state index in [2.05, 4.69) is 10.5 Å². The molecule has 23 heavy (non-hydrogen) atoms. The van der Waals surface area contributed by atoms with Crippen molar-refractivity contribution in [2.24, 2.45) is 0 Å². The highest BCUT2D eigenvalue weighted by Crippen LogP contribution is 2.19. The van der Waals surface area contributed by atoms with E-state index in [1.807, 2.05) is 35.2 Å². The Hall–Kier alpha value is -1.83. The molecule has 0 aliphatic carbocycles. The van der Waals surface area contributed by atoms with Gasteiger partial charge in [-0.15, -0.1) is 0 Å². The third-order valence-corrected chi connectivity index (χ3v) is 4.26. The van der Waals surface area contributed by atoms with Crippen LogP contribution in [0.15, 0.2) is 41.8 Å². The molecule has 1 saturated heterocycles. The van der Waals surface area contributed by atoms with Crippen LogP contribution >= 0.6 is 11.8 Å². The minimum Gasteiger partial charge on any atom is -0.350 e. The molecule has 122 valence electrons. The normalized spacial score (nSPS) is 17.9. The highest BCUT2D eigenvalue weighted by atomic mass is 32.2. The Kier molecular flexibility index (Phi) is 5.32. The SMILES string of the molecule is CSc1nccn1-c1cccc(C(=O)NO[C@H]2CCCCO2)c1. The van der Waals surface area contributed by atoms with Gasteiger partial charge in [-0.05, 0) is 37.3 Å². The van der Waals surface area contributed by atoms with Crippen molar-refractivity contribution in [3.05, 3.63) is 42.2 Å². The van der Waals surface area contributed by atoms with Crippen LogP contribution in [0.3, 0.4) is 0 Å². The van der Waals surface area contributed by atoms with Crippen LogP contribution in [0.1, 0.15) is 29.6 Å². The van der Waals surface area contributed by atoms with Gasteiger partial charge in [0.15, 0.2) is 11.4 Å². The lowest BCUT2D eigenvalue weighted by Crippen LogP contribution is -2.33. The standard InChI is InChI=1S/C16H19N3O3S/c1-23-16-17-8-9-19(16)13-6-4-5-12(11-13)15(20)18-22-14-7-2-3-10-21-14/h4-6,8-9,11,14H,2-3,7,10H2,1H3,(H,18,20)/t14-/m0/s1. The van der Waals surface area contributed by atoms with Gasteiger partial charge in [0.05, 0.1) is 0 Å². The predicted molar refractivity (Wildman–Crippen MR) is 87.5 cm³/mol. The van der Waals surface area contributed by atoms with Gasteiger partial charge < -0.3 is 4.74 Å². The number of thioether (sulfide) groups is 1. The maximum Gasteiger partial charge on any atom is 0.275 e.